The molecule has 0 saturated heterocycles. The van der Waals surface area contributed by atoms with Crippen molar-refractivity contribution in [1.82, 2.24) is 20.2 Å². The molecule has 13 heavy (non-hydrogen) atoms. The summed E-state index contributed by atoms with van der Waals surface area (Å²) in [6, 6.07) is 0. The summed E-state index contributed by atoms with van der Waals surface area (Å²) in [6.07, 6.45) is 0.883. The minimum Gasteiger partial charge on any atom is -0.387 e. The second-order valence-electron chi connectivity index (χ2n) is 2.69. The number of aliphatic hydroxyl groups is 1. The Morgan fingerprint density at radius 2 is 2.31 bits per heavy atom. The average Bonchev–Trinajstić information content (AvgIpc) is 2.49. The number of aromatic nitrogens is 4. The van der Waals surface area contributed by atoms with Gasteiger partial charge in [-0.3, -0.25) is 5.10 Å². The lowest BCUT2D eigenvalue weighted by Gasteiger charge is -2.03. The summed E-state index contributed by atoms with van der Waals surface area (Å²) in [7, 11) is 0. The van der Waals surface area contributed by atoms with Crippen molar-refractivity contribution in [3.63, 3.8) is 0 Å². The average molecular weight is 199 g/mol. The minimum atomic E-state index is -0.680. The monoisotopic (exact) mass is 198 g/mol. The van der Waals surface area contributed by atoms with E-state index in [4.69, 9.17) is 11.6 Å². The molecule has 2 N–H and O–H groups in total. The lowest BCUT2D eigenvalue weighted by Crippen LogP contribution is -1.98. The molecule has 0 spiro atoms. The number of nitrogens with zero attached hydrogens (tertiary/aromatic N) is 3. The molecule has 0 radical (unpaired) electrons. The van der Waals surface area contributed by atoms with Crippen LogP contribution in [-0.2, 0) is 0 Å². The van der Waals surface area contributed by atoms with E-state index in [1.54, 1.807) is 13.1 Å². The van der Waals surface area contributed by atoms with Gasteiger partial charge in [0.15, 0.2) is 5.65 Å². The number of aromatic amines is 1. The minimum absolute atomic E-state index is 0.104. The maximum Gasteiger partial charge on any atom is 0.224 e. The highest BCUT2D eigenvalue weighted by Gasteiger charge is 2.11. The number of fused-ring (bicyclic) bond motifs is 1. The van der Waals surface area contributed by atoms with Crippen LogP contribution >= 0.6 is 11.6 Å². The predicted octanol–water partition coefficient (Wildman–Crippen LogP) is 1.06. The number of rotatable bonds is 1. The zero-order valence-electron chi connectivity index (χ0n) is 6.82. The van der Waals surface area contributed by atoms with E-state index >= 15 is 0 Å². The molecule has 5 nitrogen and oxygen atoms in total. The Morgan fingerprint density at radius 3 is 3.00 bits per heavy atom. The summed E-state index contributed by atoms with van der Waals surface area (Å²) >= 11 is 5.64. The normalized spacial score (nSPS) is 13.5. The first-order valence-electron chi connectivity index (χ1n) is 3.73. The largest absolute Gasteiger partial charge is 0.387 e. The summed E-state index contributed by atoms with van der Waals surface area (Å²) in [4.78, 5) is 7.82. The van der Waals surface area contributed by atoms with Crippen LogP contribution in [0.15, 0.2) is 6.20 Å². The zero-order valence-corrected chi connectivity index (χ0v) is 7.58. The quantitative estimate of drug-likeness (QED) is 0.672. The molecule has 0 aromatic carbocycles. The fraction of sp³-hybridized carbons (Fsp3) is 0.286. The van der Waals surface area contributed by atoms with Crippen LogP contribution in [0.1, 0.15) is 18.7 Å². The van der Waals surface area contributed by atoms with Crippen LogP contribution in [0.3, 0.4) is 0 Å². The molecular weight excluding hydrogens is 192 g/mol. The van der Waals surface area contributed by atoms with Crippen molar-refractivity contribution >= 4 is 22.6 Å². The SMILES string of the molecule is C[C@H](O)c1nc(Cl)nc2[nH]ncc12. The Balaban J connectivity index is 2.77. The molecule has 0 bridgehead atoms. The molecule has 2 aromatic rings. The molecule has 68 valence electrons. The van der Waals surface area contributed by atoms with Crippen LogP contribution in [-0.4, -0.2) is 25.3 Å². The third-order valence-corrected chi connectivity index (χ3v) is 1.88. The third-order valence-electron chi connectivity index (χ3n) is 1.71. The highest BCUT2D eigenvalue weighted by molar-refractivity contribution is 6.28. The van der Waals surface area contributed by atoms with Crippen molar-refractivity contribution in [3.05, 3.63) is 17.2 Å². The van der Waals surface area contributed by atoms with Gasteiger partial charge in [0.2, 0.25) is 5.28 Å². The Kier molecular flexibility index (Phi) is 1.90. The van der Waals surface area contributed by atoms with Crippen molar-refractivity contribution < 1.29 is 5.11 Å². The van der Waals surface area contributed by atoms with Crippen LogP contribution < -0.4 is 0 Å². The number of H-pyrrole nitrogens is 1. The highest BCUT2D eigenvalue weighted by Crippen LogP contribution is 2.20. The Labute approximate surface area is 78.8 Å². The molecule has 2 rings (SSSR count). The molecule has 0 aliphatic heterocycles. The summed E-state index contributed by atoms with van der Waals surface area (Å²) in [5.74, 6) is 0. The van der Waals surface area contributed by atoms with Crippen LogP contribution in [0.4, 0.5) is 0 Å². The van der Waals surface area contributed by atoms with Gasteiger partial charge in [0.05, 0.1) is 23.4 Å². The third kappa shape index (κ3) is 1.36. The van der Waals surface area contributed by atoms with E-state index in [-0.39, 0.29) is 5.28 Å². The van der Waals surface area contributed by atoms with E-state index in [2.05, 4.69) is 20.2 Å². The van der Waals surface area contributed by atoms with Gasteiger partial charge < -0.3 is 5.11 Å². The van der Waals surface area contributed by atoms with Crippen molar-refractivity contribution in [2.24, 2.45) is 0 Å². The van der Waals surface area contributed by atoms with E-state index in [1.165, 1.54) is 0 Å². The maximum absolute atomic E-state index is 9.37. The second kappa shape index (κ2) is 2.93. The zero-order chi connectivity index (χ0) is 9.42. The summed E-state index contributed by atoms with van der Waals surface area (Å²) in [5.41, 5.74) is 1.03. The van der Waals surface area contributed by atoms with Crippen molar-refractivity contribution in [2.75, 3.05) is 0 Å². The van der Waals surface area contributed by atoms with Gasteiger partial charge in [-0.25, -0.2) is 4.98 Å². The van der Waals surface area contributed by atoms with Gasteiger partial charge in [-0.05, 0) is 18.5 Å². The van der Waals surface area contributed by atoms with Crippen LogP contribution in [0.2, 0.25) is 5.28 Å². The highest BCUT2D eigenvalue weighted by atomic mass is 35.5. The van der Waals surface area contributed by atoms with Gasteiger partial charge in [-0.2, -0.15) is 10.1 Å². The van der Waals surface area contributed by atoms with E-state index in [9.17, 15) is 5.11 Å². The standard InChI is InChI=1S/C7H7ClN4O/c1-3(13)5-4-2-9-12-6(4)11-7(8)10-5/h2-3,13H,1H3,(H,9,10,11,12)/t3-/m0/s1. The van der Waals surface area contributed by atoms with Crippen LogP contribution in [0.5, 0.6) is 0 Å². The molecule has 0 amide bonds. The van der Waals surface area contributed by atoms with Gasteiger partial charge in [-0.15, -0.1) is 0 Å². The number of halogens is 1. The van der Waals surface area contributed by atoms with Crippen LogP contribution in [0, 0.1) is 0 Å². The smallest absolute Gasteiger partial charge is 0.224 e. The number of aliphatic hydroxyl groups excluding tert-OH is 1. The van der Waals surface area contributed by atoms with Gasteiger partial charge >= 0.3 is 0 Å². The van der Waals surface area contributed by atoms with Gasteiger partial charge in [0.25, 0.3) is 0 Å². The van der Waals surface area contributed by atoms with E-state index in [0.717, 1.165) is 0 Å². The van der Waals surface area contributed by atoms with Crippen LogP contribution in [0.25, 0.3) is 11.0 Å². The van der Waals surface area contributed by atoms with Gasteiger partial charge in [-0.1, -0.05) is 0 Å². The van der Waals surface area contributed by atoms with E-state index < -0.39 is 6.10 Å². The van der Waals surface area contributed by atoms with Gasteiger partial charge in [0.1, 0.15) is 0 Å². The molecule has 0 aliphatic rings. The molecule has 0 saturated carbocycles. The maximum atomic E-state index is 9.37. The first-order valence-corrected chi connectivity index (χ1v) is 4.11. The number of hydrogen-bond acceptors (Lipinski definition) is 4. The van der Waals surface area contributed by atoms with Crippen molar-refractivity contribution in [2.45, 2.75) is 13.0 Å². The lowest BCUT2D eigenvalue weighted by molar-refractivity contribution is 0.196. The Bertz CT molecular complexity index is 439. The van der Waals surface area contributed by atoms with Gasteiger partial charge in [0, 0.05) is 0 Å². The fourth-order valence-corrected chi connectivity index (χ4v) is 1.32. The molecule has 0 aliphatic carbocycles. The molecule has 6 heteroatoms. The summed E-state index contributed by atoms with van der Waals surface area (Å²) in [6.45, 7) is 1.62. The Hall–Kier alpha value is -1.20. The fourth-order valence-electron chi connectivity index (χ4n) is 1.15. The van der Waals surface area contributed by atoms with Crippen molar-refractivity contribution in [3.8, 4) is 0 Å². The second-order valence-corrected chi connectivity index (χ2v) is 3.02. The molecular formula is C7H7ClN4O. The van der Waals surface area contributed by atoms with Crippen molar-refractivity contribution in [1.29, 1.82) is 0 Å². The molecule has 2 aromatic heterocycles. The lowest BCUT2D eigenvalue weighted by atomic mass is 10.2. The molecule has 1 atom stereocenters. The first kappa shape index (κ1) is 8.40. The number of nitrogens with one attached hydrogen (secondary N) is 1. The first-order chi connectivity index (χ1) is 6.18. The van der Waals surface area contributed by atoms with E-state index in [0.29, 0.717) is 16.7 Å². The number of hydrogen-bond donors (Lipinski definition) is 2. The molecule has 0 unspecified atom stereocenters. The molecule has 0 fully saturated rings. The van der Waals surface area contributed by atoms with E-state index in [1.807, 2.05) is 0 Å². The predicted molar refractivity (Wildman–Crippen MR) is 47.3 cm³/mol. The Morgan fingerprint density at radius 1 is 1.54 bits per heavy atom. The summed E-state index contributed by atoms with van der Waals surface area (Å²) in [5, 5.41) is 16.6. The summed E-state index contributed by atoms with van der Waals surface area (Å²) < 4.78 is 0. The molecule has 2 heterocycles. The topological polar surface area (TPSA) is 74.7 Å².